The first kappa shape index (κ1) is 18.5. The van der Waals surface area contributed by atoms with Gasteiger partial charge in [-0.05, 0) is 31.4 Å². The molecule has 0 amide bonds. The zero-order chi connectivity index (χ0) is 19.7. The van der Waals surface area contributed by atoms with Crippen LogP contribution in [0.4, 0.5) is 9.52 Å². The van der Waals surface area contributed by atoms with Crippen molar-refractivity contribution in [3.05, 3.63) is 24.5 Å². The second-order valence-electron chi connectivity index (χ2n) is 6.54. The number of alkyl halides is 1. The first-order valence-electron chi connectivity index (χ1n) is 8.84. The molecule has 0 aliphatic heterocycles. The monoisotopic (exact) mass is 402 g/mol. The summed E-state index contributed by atoms with van der Waals surface area (Å²) in [6.45, 7) is 0. The largest absolute Gasteiger partial charge is 0.507 e. The number of anilines is 1. The summed E-state index contributed by atoms with van der Waals surface area (Å²) >= 11 is 1.32. The molecule has 0 unspecified atom stereocenters. The molecule has 1 saturated carbocycles. The Balaban J connectivity index is 1.59. The van der Waals surface area contributed by atoms with Gasteiger partial charge in [0.05, 0.1) is 18.7 Å². The van der Waals surface area contributed by atoms with E-state index in [1.807, 2.05) is 11.9 Å². The third-order valence-corrected chi connectivity index (χ3v) is 5.88. The molecule has 2 heterocycles. The number of aromatic nitrogens is 5. The number of phenolic OH excluding ortho intramolecular Hbond substituents is 1. The Morgan fingerprint density at radius 3 is 2.82 bits per heavy atom. The van der Waals surface area contributed by atoms with Gasteiger partial charge in [-0.1, -0.05) is 17.4 Å². The van der Waals surface area contributed by atoms with E-state index in [0.29, 0.717) is 33.5 Å². The number of phenols is 1. The third kappa shape index (κ3) is 3.47. The van der Waals surface area contributed by atoms with E-state index in [2.05, 4.69) is 25.1 Å². The zero-order valence-corrected chi connectivity index (χ0v) is 16.2. The Labute approximate surface area is 165 Å². The number of benzene rings is 1. The number of methoxy groups -OCH3 is 1. The molecule has 1 aliphatic rings. The summed E-state index contributed by atoms with van der Waals surface area (Å²) < 4.78 is 19.0. The standard InChI is InChI=1S/C18H19FN6O2S/c1-25(13-5-3-4-12(13)19)18-24-23-16(28-18)11-7-6-10(8-14(11)26)15-20-9-21-17(22-15)27-2/h6-9,12-13,26H,3-5H2,1-2H3/t12-,13+/m1/s1. The second kappa shape index (κ2) is 7.63. The summed E-state index contributed by atoms with van der Waals surface area (Å²) in [7, 11) is 3.31. The smallest absolute Gasteiger partial charge is 0.319 e. The van der Waals surface area contributed by atoms with Crippen LogP contribution < -0.4 is 9.64 Å². The van der Waals surface area contributed by atoms with E-state index in [-0.39, 0.29) is 17.8 Å². The molecule has 2 aromatic heterocycles. The van der Waals surface area contributed by atoms with E-state index in [9.17, 15) is 9.50 Å². The molecular formula is C18H19FN6O2S. The van der Waals surface area contributed by atoms with Crippen LogP contribution >= 0.6 is 11.3 Å². The van der Waals surface area contributed by atoms with E-state index in [4.69, 9.17) is 4.74 Å². The topological polar surface area (TPSA) is 97.2 Å². The summed E-state index contributed by atoms with van der Waals surface area (Å²) in [5.74, 6) is 0.424. The predicted octanol–water partition coefficient (Wildman–Crippen LogP) is 3.10. The van der Waals surface area contributed by atoms with Crippen molar-refractivity contribution in [1.82, 2.24) is 25.1 Å². The van der Waals surface area contributed by atoms with E-state index in [1.165, 1.54) is 24.8 Å². The summed E-state index contributed by atoms with van der Waals surface area (Å²) in [5, 5.41) is 20.1. The molecule has 0 saturated heterocycles. The summed E-state index contributed by atoms with van der Waals surface area (Å²) in [6, 6.07) is 5.10. The minimum absolute atomic E-state index is 0.0338. The maximum absolute atomic E-state index is 14.0. The minimum atomic E-state index is -0.845. The number of ether oxygens (including phenoxy) is 1. The van der Waals surface area contributed by atoms with Crippen LogP contribution in [0.2, 0.25) is 0 Å². The predicted molar refractivity (Wildman–Crippen MR) is 103 cm³/mol. The van der Waals surface area contributed by atoms with Gasteiger partial charge in [0.15, 0.2) is 10.8 Å². The van der Waals surface area contributed by atoms with Gasteiger partial charge in [-0.25, -0.2) is 9.37 Å². The minimum Gasteiger partial charge on any atom is -0.507 e. The second-order valence-corrected chi connectivity index (χ2v) is 7.50. The van der Waals surface area contributed by atoms with Crippen molar-refractivity contribution in [2.45, 2.75) is 31.5 Å². The molecular weight excluding hydrogens is 383 g/mol. The van der Waals surface area contributed by atoms with Crippen molar-refractivity contribution >= 4 is 16.5 Å². The number of halogens is 1. The highest BCUT2D eigenvalue weighted by Gasteiger charge is 2.32. The molecule has 8 nitrogen and oxygen atoms in total. The first-order valence-corrected chi connectivity index (χ1v) is 9.65. The number of hydrogen-bond acceptors (Lipinski definition) is 9. The Morgan fingerprint density at radius 1 is 1.25 bits per heavy atom. The van der Waals surface area contributed by atoms with Gasteiger partial charge in [-0.15, -0.1) is 10.2 Å². The fraction of sp³-hybridized carbons (Fsp3) is 0.389. The lowest BCUT2D eigenvalue weighted by Crippen LogP contribution is -2.35. The number of hydrogen-bond donors (Lipinski definition) is 1. The molecule has 3 aromatic rings. The fourth-order valence-corrected chi connectivity index (χ4v) is 4.21. The number of nitrogens with zero attached hydrogens (tertiary/aromatic N) is 6. The van der Waals surface area contributed by atoms with Crippen LogP contribution in [0.1, 0.15) is 19.3 Å². The molecule has 1 aromatic carbocycles. The van der Waals surface area contributed by atoms with E-state index < -0.39 is 6.17 Å². The molecule has 2 atom stereocenters. The van der Waals surface area contributed by atoms with Crippen molar-refractivity contribution < 1.29 is 14.2 Å². The van der Waals surface area contributed by atoms with Gasteiger partial charge in [0.2, 0.25) is 5.13 Å². The quantitative estimate of drug-likeness (QED) is 0.695. The van der Waals surface area contributed by atoms with Crippen LogP contribution in [-0.2, 0) is 0 Å². The van der Waals surface area contributed by atoms with Crippen LogP contribution in [-0.4, -0.2) is 56.6 Å². The third-order valence-electron chi connectivity index (χ3n) is 4.83. The molecule has 146 valence electrons. The van der Waals surface area contributed by atoms with Crippen LogP contribution in [0.3, 0.4) is 0 Å². The Bertz CT molecular complexity index is 984. The molecule has 1 N–H and O–H groups in total. The van der Waals surface area contributed by atoms with Gasteiger partial charge >= 0.3 is 6.01 Å². The van der Waals surface area contributed by atoms with E-state index in [0.717, 1.165) is 12.8 Å². The molecule has 1 aliphatic carbocycles. The highest BCUT2D eigenvalue weighted by molar-refractivity contribution is 7.18. The lowest BCUT2D eigenvalue weighted by Gasteiger charge is -2.24. The van der Waals surface area contributed by atoms with Crippen molar-refractivity contribution in [1.29, 1.82) is 0 Å². The van der Waals surface area contributed by atoms with Crippen LogP contribution in [0.25, 0.3) is 22.0 Å². The summed E-state index contributed by atoms with van der Waals surface area (Å²) in [6.07, 6.45) is 2.78. The van der Waals surface area contributed by atoms with Crippen molar-refractivity contribution in [2.75, 3.05) is 19.1 Å². The van der Waals surface area contributed by atoms with Gasteiger partial charge < -0.3 is 14.7 Å². The SMILES string of the molecule is COc1ncnc(-c2ccc(-c3nnc(N(C)[C@H]4CCC[C@H]4F)s3)c(O)c2)n1. The number of rotatable bonds is 5. The molecule has 28 heavy (non-hydrogen) atoms. The molecule has 1 fully saturated rings. The normalized spacial score (nSPS) is 19.0. The van der Waals surface area contributed by atoms with Crippen LogP contribution in [0, 0.1) is 0 Å². The Hall–Kier alpha value is -2.88. The highest BCUT2D eigenvalue weighted by Crippen LogP contribution is 2.38. The van der Waals surface area contributed by atoms with E-state index >= 15 is 0 Å². The van der Waals surface area contributed by atoms with Crippen molar-refractivity contribution in [3.63, 3.8) is 0 Å². The van der Waals surface area contributed by atoms with Gasteiger partial charge in [-0.2, -0.15) is 9.97 Å². The highest BCUT2D eigenvalue weighted by atomic mass is 32.1. The maximum atomic E-state index is 14.0. The lowest BCUT2D eigenvalue weighted by atomic mass is 10.1. The molecule has 0 bridgehead atoms. The van der Waals surface area contributed by atoms with Gasteiger partial charge in [-0.3, -0.25) is 0 Å². The fourth-order valence-electron chi connectivity index (χ4n) is 3.31. The Kier molecular flexibility index (Phi) is 5.03. The lowest BCUT2D eigenvalue weighted by molar-refractivity contribution is 0.307. The Morgan fingerprint density at radius 2 is 2.11 bits per heavy atom. The first-order chi connectivity index (χ1) is 13.6. The number of aromatic hydroxyl groups is 1. The van der Waals surface area contributed by atoms with Crippen molar-refractivity contribution in [2.24, 2.45) is 0 Å². The average molecular weight is 402 g/mol. The van der Waals surface area contributed by atoms with Gasteiger partial charge in [0, 0.05) is 12.6 Å². The van der Waals surface area contributed by atoms with E-state index in [1.54, 1.807) is 18.2 Å². The molecule has 10 heteroatoms. The average Bonchev–Trinajstić information content (AvgIpc) is 3.37. The van der Waals surface area contributed by atoms with Gasteiger partial charge in [0.1, 0.15) is 18.2 Å². The summed E-state index contributed by atoms with van der Waals surface area (Å²) in [4.78, 5) is 14.0. The molecule has 0 spiro atoms. The zero-order valence-electron chi connectivity index (χ0n) is 15.4. The van der Waals surface area contributed by atoms with Crippen molar-refractivity contribution in [3.8, 4) is 33.7 Å². The van der Waals surface area contributed by atoms with Crippen LogP contribution in [0.15, 0.2) is 24.5 Å². The summed E-state index contributed by atoms with van der Waals surface area (Å²) in [5.41, 5.74) is 1.17. The maximum Gasteiger partial charge on any atom is 0.319 e. The van der Waals surface area contributed by atoms with Gasteiger partial charge in [0.25, 0.3) is 0 Å². The molecule has 0 radical (unpaired) electrons. The molecule has 4 rings (SSSR count). The van der Waals surface area contributed by atoms with Crippen LogP contribution in [0.5, 0.6) is 11.8 Å².